The molecule has 0 aromatic rings. The molecular formula is C16H33N3O2. The standard InChI is InChI=1S/C16H33N3O2/c1-4-5-7-17-8-9-18-10-12-19(13-11-18)16(20)21-14-6-15(2)3/h15,17H,4-14H2,1-3H3. The molecule has 1 rings (SSSR count). The summed E-state index contributed by atoms with van der Waals surface area (Å²) < 4.78 is 5.31. The number of rotatable bonds is 9. The molecule has 1 heterocycles. The fourth-order valence-corrected chi connectivity index (χ4v) is 2.29. The summed E-state index contributed by atoms with van der Waals surface area (Å²) in [6.07, 6.45) is 3.28. The quantitative estimate of drug-likeness (QED) is 0.663. The zero-order chi connectivity index (χ0) is 15.5. The third kappa shape index (κ3) is 8.27. The van der Waals surface area contributed by atoms with Crippen LogP contribution in [-0.2, 0) is 4.74 Å². The molecule has 21 heavy (non-hydrogen) atoms. The third-order valence-corrected chi connectivity index (χ3v) is 3.86. The highest BCUT2D eigenvalue weighted by atomic mass is 16.6. The Morgan fingerprint density at radius 1 is 1.19 bits per heavy atom. The van der Waals surface area contributed by atoms with Crippen LogP contribution in [0.25, 0.3) is 0 Å². The second kappa shape index (κ2) is 10.9. The van der Waals surface area contributed by atoms with Crippen molar-refractivity contribution < 1.29 is 9.53 Å². The normalized spacial score (nSPS) is 16.5. The molecule has 1 aliphatic rings. The molecule has 0 aromatic heterocycles. The van der Waals surface area contributed by atoms with Crippen molar-refractivity contribution in [2.24, 2.45) is 5.92 Å². The lowest BCUT2D eigenvalue weighted by Crippen LogP contribution is -2.50. The molecule has 0 bridgehead atoms. The van der Waals surface area contributed by atoms with E-state index in [1.165, 1.54) is 12.8 Å². The van der Waals surface area contributed by atoms with Crippen LogP contribution in [0.1, 0.15) is 40.0 Å². The number of amides is 1. The maximum absolute atomic E-state index is 11.9. The monoisotopic (exact) mass is 299 g/mol. The van der Waals surface area contributed by atoms with Gasteiger partial charge in [0.15, 0.2) is 0 Å². The van der Waals surface area contributed by atoms with Crippen LogP contribution < -0.4 is 5.32 Å². The molecule has 0 saturated carbocycles. The lowest BCUT2D eigenvalue weighted by atomic mass is 10.1. The van der Waals surface area contributed by atoms with Crippen LogP contribution in [0, 0.1) is 5.92 Å². The van der Waals surface area contributed by atoms with Crippen LogP contribution in [0.3, 0.4) is 0 Å². The maximum Gasteiger partial charge on any atom is 0.409 e. The molecule has 1 N–H and O–H groups in total. The molecular weight excluding hydrogens is 266 g/mol. The van der Waals surface area contributed by atoms with Crippen molar-refractivity contribution in [2.45, 2.75) is 40.0 Å². The van der Waals surface area contributed by atoms with Gasteiger partial charge in [0.1, 0.15) is 0 Å². The first-order valence-corrected chi connectivity index (χ1v) is 8.48. The minimum absolute atomic E-state index is 0.142. The topological polar surface area (TPSA) is 44.8 Å². The van der Waals surface area contributed by atoms with Crippen molar-refractivity contribution >= 4 is 6.09 Å². The average molecular weight is 299 g/mol. The zero-order valence-electron chi connectivity index (χ0n) is 14.1. The molecule has 5 nitrogen and oxygen atoms in total. The highest BCUT2D eigenvalue weighted by Crippen LogP contribution is 2.05. The fraction of sp³-hybridized carbons (Fsp3) is 0.938. The van der Waals surface area contributed by atoms with Gasteiger partial charge >= 0.3 is 6.09 Å². The van der Waals surface area contributed by atoms with Crippen molar-refractivity contribution in [3.63, 3.8) is 0 Å². The maximum atomic E-state index is 11.9. The first-order chi connectivity index (χ1) is 10.1. The van der Waals surface area contributed by atoms with Gasteiger partial charge in [-0.25, -0.2) is 4.79 Å². The predicted molar refractivity (Wildman–Crippen MR) is 86.6 cm³/mol. The second-order valence-corrected chi connectivity index (χ2v) is 6.23. The van der Waals surface area contributed by atoms with E-state index in [-0.39, 0.29) is 6.09 Å². The smallest absolute Gasteiger partial charge is 0.409 e. The molecule has 0 unspecified atom stereocenters. The van der Waals surface area contributed by atoms with Crippen molar-refractivity contribution in [3.05, 3.63) is 0 Å². The SMILES string of the molecule is CCCCNCCN1CCN(C(=O)OCCC(C)C)CC1. The van der Waals surface area contributed by atoms with Crippen molar-refractivity contribution in [1.82, 2.24) is 15.1 Å². The third-order valence-electron chi connectivity index (χ3n) is 3.86. The Balaban J connectivity index is 2.07. The number of nitrogens with one attached hydrogen (secondary N) is 1. The zero-order valence-corrected chi connectivity index (χ0v) is 14.1. The minimum Gasteiger partial charge on any atom is -0.449 e. The second-order valence-electron chi connectivity index (χ2n) is 6.23. The minimum atomic E-state index is -0.142. The van der Waals surface area contributed by atoms with E-state index in [2.05, 4.69) is 31.0 Å². The van der Waals surface area contributed by atoms with Gasteiger partial charge in [-0.2, -0.15) is 0 Å². The molecule has 124 valence electrons. The number of nitrogens with zero attached hydrogens (tertiary/aromatic N) is 2. The molecule has 1 amide bonds. The molecule has 0 aliphatic carbocycles. The summed E-state index contributed by atoms with van der Waals surface area (Å²) in [7, 11) is 0. The van der Waals surface area contributed by atoms with Gasteiger partial charge in [0.05, 0.1) is 6.61 Å². The number of piperazine rings is 1. The van der Waals surface area contributed by atoms with Crippen LogP contribution in [0.5, 0.6) is 0 Å². The van der Waals surface area contributed by atoms with Gasteiger partial charge in [-0.1, -0.05) is 27.2 Å². The summed E-state index contributed by atoms with van der Waals surface area (Å²) in [6.45, 7) is 13.7. The molecule has 0 spiro atoms. The van der Waals surface area contributed by atoms with Crippen LogP contribution >= 0.6 is 0 Å². The number of ether oxygens (including phenoxy) is 1. The number of carbonyl (C=O) groups is 1. The molecule has 0 radical (unpaired) electrons. The Morgan fingerprint density at radius 2 is 1.90 bits per heavy atom. The van der Waals surface area contributed by atoms with E-state index in [0.29, 0.717) is 12.5 Å². The van der Waals surface area contributed by atoms with Crippen LogP contribution in [0.4, 0.5) is 4.79 Å². The van der Waals surface area contributed by atoms with E-state index in [4.69, 9.17) is 4.74 Å². The van der Waals surface area contributed by atoms with E-state index in [9.17, 15) is 4.79 Å². The summed E-state index contributed by atoms with van der Waals surface area (Å²) >= 11 is 0. The first-order valence-electron chi connectivity index (χ1n) is 8.48. The predicted octanol–water partition coefficient (Wildman–Crippen LogP) is 2.18. The fourth-order valence-electron chi connectivity index (χ4n) is 2.29. The summed E-state index contributed by atoms with van der Waals surface area (Å²) in [5, 5.41) is 3.46. The molecule has 0 aromatic carbocycles. The van der Waals surface area contributed by atoms with E-state index in [1.807, 2.05) is 4.90 Å². The lowest BCUT2D eigenvalue weighted by Gasteiger charge is -2.34. The molecule has 1 saturated heterocycles. The Bertz CT molecular complexity index is 277. The van der Waals surface area contributed by atoms with Gasteiger partial charge in [0, 0.05) is 39.3 Å². The Hall–Kier alpha value is -0.810. The van der Waals surface area contributed by atoms with E-state index in [1.54, 1.807) is 0 Å². The summed E-state index contributed by atoms with van der Waals surface area (Å²) in [6, 6.07) is 0. The number of carbonyl (C=O) groups excluding carboxylic acids is 1. The van der Waals surface area contributed by atoms with E-state index in [0.717, 1.165) is 52.2 Å². The Labute approximate surface area is 130 Å². The van der Waals surface area contributed by atoms with Gasteiger partial charge < -0.3 is 15.0 Å². The van der Waals surface area contributed by atoms with Gasteiger partial charge in [-0.3, -0.25) is 4.90 Å². The summed E-state index contributed by atoms with van der Waals surface area (Å²) in [5.74, 6) is 0.579. The number of unbranched alkanes of at least 4 members (excludes halogenated alkanes) is 1. The van der Waals surface area contributed by atoms with Gasteiger partial charge in [-0.05, 0) is 25.3 Å². The first kappa shape index (κ1) is 18.2. The largest absolute Gasteiger partial charge is 0.449 e. The van der Waals surface area contributed by atoms with Gasteiger partial charge in [0.25, 0.3) is 0 Å². The van der Waals surface area contributed by atoms with Crippen LogP contribution in [-0.4, -0.2) is 68.3 Å². The average Bonchev–Trinajstić information content (AvgIpc) is 2.47. The summed E-state index contributed by atoms with van der Waals surface area (Å²) in [5.41, 5.74) is 0. The number of hydrogen-bond acceptors (Lipinski definition) is 4. The highest BCUT2D eigenvalue weighted by molar-refractivity contribution is 5.67. The van der Waals surface area contributed by atoms with Crippen molar-refractivity contribution in [1.29, 1.82) is 0 Å². The molecule has 0 atom stereocenters. The van der Waals surface area contributed by atoms with Gasteiger partial charge in [0.2, 0.25) is 0 Å². The Morgan fingerprint density at radius 3 is 2.52 bits per heavy atom. The number of hydrogen-bond donors (Lipinski definition) is 1. The van der Waals surface area contributed by atoms with Crippen LogP contribution in [0.15, 0.2) is 0 Å². The van der Waals surface area contributed by atoms with Crippen molar-refractivity contribution in [3.8, 4) is 0 Å². The molecule has 1 fully saturated rings. The lowest BCUT2D eigenvalue weighted by molar-refractivity contribution is 0.0738. The molecule has 1 aliphatic heterocycles. The van der Waals surface area contributed by atoms with E-state index < -0.39 is 0 Å². The van der Waals surface area contributed by atoms with Crippen LogP contribution in [0.2, 0.25) is 0 Å². The molecule has 5 heteroatoms. The highest BCUT2D eigenvalue weighted by Gasteiger charge is 2.21. The Kier molecular flexibility index (Phi) is 9.42. The van der Waals surface area contributed by atoms with E-state index >= 15 is 0 Å². The van der Waals surface area contributed by atoms with Crippen molar-refractivity contribution in [2.75, 3.05) is 52.4 Å². The van der Waals surface area contributed by atoms with Gasteiger partial charge in [-0.15, -0.1) is 0 Å². The summed E-state index contributed by atoms with van der Waals surface area (Å²) in [4.78, 5) is 16.1.